The summed E-state index contributed by atoms with van der Waals surface area (Å²) in [6.45, 7) is 0. The lowest BCUT2D eigenvalue weighted by Gasteiger charge is -2.05. The molecule has 0 fully saturated rings. The molecule has 3 aromatic rings. The smallest absolute Gasteiger partial charge is 0.260 e. The molecule has 0 aliphatic carbocycles. The van der Waals surface area contributed by atoms with Crippen LogP contribution in [-0.4, -0.2) is 21.2 Å². The minimum atomic E-state index is -0.382. The number of rotatable bonds is 4. The Morgan fingerprint density at radius 3 is 2.52 bits per heavy atom. The molecule has 0 aliphatic heterocycles. The van der Waals surface area contributed by atoms with Gasteiger partial charge in [-0.15, -0.1) is 0 Å². The van der Waals surface area contributed by atoms with Crippen molar-refractivity contribution < 1.29 is 14.0 Å². The van der Waals surface area contributed by atoms with Crippen LogP contribution in [0.3, 0.4) is 0 Å². The Kier molecular flexibility index (Phi) is 3.99. The minimum absolute atomic E-state index is 0.0316. The van der Waals surface area contributed by atoms with Gasteiger partial charge in [-0.3, -0.25) is 9.59 Å². The highest BCUT2D eigenvalue weighted by Gasteiger charge is 2.15. The van der Waals surface area contributed by atoms with Gasteiger partial charge in [-0.1, -0.05) is 0 Å². The van der Waals surface area contributed by atoms with Gasteiger partial charge in [0.25, 0.3) is 5.91 Å². The van der Waals surface area contributed by atoms with Crippen molar-refractivity contribution in [3.8, 4) is 0 Å². The van der Waals surface area contributed by atoms with Crippen LogP contribution in [0.15, 0.2) is 53.4 Å². The number of nitrogens with one attached hydrogen (secondary N) is 1. The standard InChI is InChI=1S/C16H12ClN3O3/c1-20-8-7-18-15(20)13(21)10-2-4-11(5-3-10)19-16(22)12-6-9-23-14(12)17/h2-9H,1H3,(H,19,22). The molecule has 0 spiro atoms. The number of carbonyl (C=O) groups excluding carboxylic acids is 2. The Bertz CT molecular complexity index is 865. The Morgan fingerprint density at radius 2 is 1.96 bits per heavy atom. The first-order chi connectivity index (χ1) is 11.1. The van der Waals surface area contributed by atoms with Crippen molar-refractivity contribution in [1.29, 1.82) is 0 Å². The molecule has 1 amide bonds. The number of ketones is 1. The summed E-state index contributed by atoms with van der Waals surface area (Å²) in [6.07, 6.45) is 4.61. The third-order valence-electron chi connectivity index (χ3n) is 3.29. The van der Waals surface area contributed by atoms with Gasteiger partial charge in [0.2, 0.25) is 11.0 Å². The number of anilines is 1. The van der Waals surface area contributed by atoms with E-state index in [1.54, 1.807) is 48.3 Å². The molecule has 6 nitrogen and oxygen atoms in total. The van der Waals surface area contributed by atoms with Crippen LogP contribution < -0.4 is 5.32 Å². The van der Waals surface area contributed by atoms with Crippen LogP contribution in [0, 0.1) is 0 Å². The molecule has 0 saturated carbocycles. The lowest BCUT2D eigenvalue weighted by Crippen LogP contribution is -2.12. The molecule has 0 bridgehead atoms. The molecule has 116 valence electrons. The molecule has 2 aromatic heterocycles. The zero-order valence-electron chi connectivity index (χ0n) is 12.1. The summed E-state index contributed by atoms with van der Waals surface area (Å²) >= 11 is 5.76. The highest BCUT2D eigenvalue weighted by Crippen LogP contribution is 2.19. The predicted molar refractivity (Wildman–Crippen MR) is 84.8 cm³/mol. The van der Waals surface area contributed by atoms with Crippen LogP contribution in [0.25, 0.3) is 0 Å². The van der Waals surface area contributed by atoms with Gasteiger partial charge >= 0.3 is 0 Å². The van der Waals surface area contributed by atoms with E-state index in [0.29, 0.717) is 17.1 Å². The maximum atomic E-state index is 12.3. The molecule has 0 unspecified atom stereocenters. The summed E-state index contributed by atoms with van der Waals surface area (Å²) in [7, 11) is 1.75. The number of aromatic nitrogens is 2. The van der Waals surface area contributed by atoms with Gasteiger partial charge in [-0.05, 0) is 41.9 Å². The second kappa shape index (κ2) is 6.10. The fourth-order valence-electron chi connectivity index (χ4n) is 2.07. The van der Waals surface area contributed by atoms with Crippen LogP contribution in [0.5, 0.6) is 0 Å². The molecule has 0 saturated heterocycles. The van der Waals surface area contributed by atoms with Gasteiger partial charge in [0.05, 0.1) is 11.8 Å². The average Bonchev–Trinajstić information content (AvgIpc) is 3.15. The summed E-state index contributed by atoms with van der Waals surface area (Å²) < 4.78 is 6.53. The minimum Gasteiger partial charge on any atom is -0.452 e. The third-order valence-corrected chi connectivity index (χ3v) is 3.58. The van der Waals surface area contributed by atoms with E-state index in [4.69, 9.17) is 16.0 Å². The summed E-state index contributed by atoms with van der Waals surface area (Å²) in [5.41, 5.74) is 1.28. The molecule has 3 rings (SSSR count). The van der Waals surface area contributed by atoms with E-state index in [0.717, 1.165) is 0 Å². The SMILES string of the molecule is Cn1ccnc1C(=O)c1ccc(NC(=O)c2ccoc2Cl)cc1. The van der Waals surface area contributed by atoms with E-state index in [1.165, 1.54) is 12.3 Å². The van der Waals surface area contributed by atoms with Crippen molar-refractivity contribution >= 4 is 29.0 Å². The maximum Gasteiger partial charge on any atom is 0.260 e. The van der Waals surface area contributed by atoms with Crippen molar-refractivity contribution in [1.82, 2.24) is 9.55 Å². The van der Waals surface area contributed by atoms with Gasteiger partial charge in [0, 0.05) is 30.7 Å². The van der Waals surface area contributed by atoms with Gasteiger partial charge in [0.15, 0.2) is 5.82 Å². The van der Waals surface area contributed by atoms with Gasteiger partial charge in [-0.25, -0.2) is 4.98 Å². The zero-order chi connectivity index (χ0) is 16.4. The van der Waals surface area contributed by atoms with Crippen LogP contribution in [0.1, 0.15) is 26.5 Å². The molecular formula is C16H12ClN3O3. The van der Waals surface area contributed by atoms with E-state index < -0.39 is 0 Å². The molecule has 7 heteroatoms. The number of imidazole rings is 1. The zero-order valence-corrected chi connectivity index (χ0v) is 12.9. The fraction of sp³-hybridized carbons (Fsp3) is 0.0625. The van der Waals surface area contributed by atoms with Crippen molar-refractivity contribution in [2.75, 3.05) is 5.32 Å². The number of nitrogens with zero attached hydrogens (tertiary/aromatic N) is 2. The quantitative estimate of drug-likeness (QED) is 0.746. The summed E-state index contributed by atoms with van der Waals surface area (Å²) in [5.74, 6) is -0.216. The number of hydrogen-bond donors (Lipinski definition) is 1. The molecule has 23 heavy (non-hydrogen) atoms. The van der Waals surface area contributed by atoms with Gasteiger partial charge in [-0.2, -0.15) is 0 Å². The molecule has 0 atom stereocenters. The number of aryl methyl sites for hydroxylation is 1. The number of amides is 1. The van der Waals surface area contributed by atoms with Crippen molar-refractivity contribution in [2.45, 2.75) is 0 Å². The summed E-state index contributed by atoms with van der Waals surface area (Å²) in [4.78, 5) is 28.3. The van der Waals surface area contributed by atoms with Crippen LogP contribution >= 0.6 is 11.6 Å². The molecular weight excluding hydrogens is 318 g/mol. The summed E-state index contributed by atoms with van der Waals surface area (Å²) in [5, 5.41) is 2.71. The fourth-order valence-corrected chi connectivity index (χ4v) is 2.27. The second-order valence-electron chi connectivity index (χ2n) is 4.83. The van der Waals surface area contributed by atoms with E-state index in [-0.39, 0.29) is 22.5 Å². The monoisotopic (exact) mass is 329 g/mol. The first kappa shape index (κ1) is 15.1. The van der Waals surface area contributed by atoms with Crippen molar-refractivity contribution in [2.24, 2.45) is 7.05 Å². The number of benzene rings is 1. The maximum absolute atomic E-state index is 12.3. The molecule has 1 aromatic carbocycles. The lowest BCUT2D eigenvalue weighted by atomic mass is 10.1. The largest absolute Gasteiger partial charge is 0.452 e. The number of carbonyl (C=O) groups is 2. The van der Waals surface area contributed by atoms with E-state index in [9.17, 15) is 9.59 Å². The normalized spacial score (nSPS) is 10.5. The average molecular weight is 330 g/mol. The first-order valence-electron chi connectivity index (χ1n) is 6.72. The third kappa shape index (κ3) is 3.02. The predicted octanol–water partition coefficient (Wildman–Crippen LogP) is 3.15. The van der Waals surface area contributed by atoms with Crippen molar-refractivity contribution in [3.63, 3.8) is 0 Å². The topological polar surface area (TPSA) is 77.1 Å². The van der Waals surface area contributed by atoms with Gasteiger partial charge in [0.1, 0.15) is 0 Å². The van der Waals surface area contributed by atoms with E-state index >= 15 is 0 Å². The summed E-state index contributed by atoms with van der Waals surface area (Å²) in [6, 6.07) is 8.02. The molecule has 1 N–H and O–H groups in total. The number of hydrogen-bond acceptors (Lipinski definition) is 4. The second-order valence-corrected chi connectivity index (χ2v) is 5.17. The van der Waals surface area contributed by atoms with Crippen molar-refractivity contribution in [3.05, 3.63) is 71.2 Å². The van der Waals surface area contributed by atoms with Crippen LogP contribution in [-0.2, 0) is 7.05 Å². The Morgan fingerprint density at radius 1 is 1.22 bits per heavy atom. The lowest BCUT2D eigenvalue weighted by molar-refractivity contribution is 0.101. The first-order valence-corrected chi connectivity index (χ1v) is 7.10. The number of furan rings is 1. The molecule has 0 aliphatic rings. The van der Waals surface area contributed by atoms with E-state index in [2.05, 4.69) is 10.3 Å². The molecule has 2 heterocycles. The number of halogens is 1. The van der Waals surface area contributed by atoms with Crippen LogP contribution in [0.4, 0.5) is 5.69 Å². The van der Waals surface area contributed by atoms with Gasteiger partial charge < -0.3 is 14.3 Å². The van der Waals surface area contributed by atoms with Crippen LogP contribution in [0.2, 0.25) is 5.22 Å². The Balaban J connectivity index is 1.75. The highest BCUT2D eigenvalue weighted by molar-refractivity contribution is 6.32. The Hall–Kier alpha value is -2.86. The Labute approximate surface area is 136 Å². The van der Waals surface area contributed by atoms with E-state index in [1.807, 2.05) is 0 Å². The highest BCUT2D eigenvalue weighted by atomic mass is 35.5. The molecule has 0 radical (unpaired) electrons.